The van der Waals surface area contributed by atoms with E-state index in [9.17, 15) is 13.5 Å². The first-order valence-electron chi connectivity index (χ1n) is 5.88. The van der Waals surface area contributed by atoms with E-state index in [2.05, 4.69) is 15.9 Å². The lowest BCUT2D eigenvalue weighted by atomic mass is 10.1. The molecule has 1 heterocycles. The molecule has 2 unspecified atom stereocenters. The summed E-state index contributed by atoms with van der Waals surface area (Å²) in [6, 6.07) is 5.15. The van der Waals surface area contributed by atoms with Gasteiger partial charge in [-0.2, -0.15) is 0 Å². The van der Waals surface area contributed by atoms with Gasteiger partial charge in [-0.05, 0) is 19.1 Å². The lowest BCUT2D eigenvalue weighted by Crippen LogP contribution is -2.30. The third-order valence-electron chi connectivity index (χ3n) is 3.02. The number of aliphatic hydroxyl groups is 1. The SMILES string of the molecule is C[C@H](N)c1ccc(Br)cc1OC1CS(=O)(=O)CC1O. The van der Waals surface area contributed by atoms with Gasteiger partial charge in [0.2, 0.25) is 0 Å². The molecule has 2 rings (SSSR count). The van der Waals surface area contributed by atoms with Crippen LogP contribution in [0, 0.1) is 0 Å². The van der Waals surface area contributed by atoms with Crippen molar-refractivity contribution >= 4 is 25.8 Å². The van der Waals surface area contributed by atoms with Crippen LogP contribution in [0.3, 0.4) is 0 Å². The monoisotopic (exact) mass is 349 g/mol. The lowest BCUT2D eigenvalue weighted by molar-refractivity contribution is 0.0729. The van der Waals surface area contributed by atoms with E-state index in [4.69, 9.17) is 10.5 Å². The molecule has 3 atom stereocenters. The van der Waals surface area contributed by atoms with Gasteiger partial charge in [0.25, 0.3) is 0 Å². The zero-order valence-electron chi connectivity index (χ0n) is 10.4. The van der Waals surface area contributed by atoms with Crippen molar-refractivity contribution < 1.29 is 18.3 Å². The number of rotatable bonds is 3. The smallest absolute Gasteiger partial charge is 0.156 e. The van der Waals surface area contributed by atoms with E-state index in [1.807, 2.05) is 19.1 Å². The van der Waals surface area contributed by atoms with Gasteiger partial charge < -0.3 is 15.6 Å². The third kappa shape index (κ3) is 3.47. The Labute approximate surface area is 120 Å². The van der Waals surface area contributed by atoms with E-state index in [-0.39, 0.29) is 17.5 Å². The van der Waals surface area contributed by atoms with Crippen molar-refractivity contribution in [2.24, 2.45) is 5.73 Å². The first kappa shape index (κ1) is 14.8. The summed E-state index contributed by atoms with van der Waals surface area (Å²) in [6.45, 7) is 1.82. The quantitative estimate of drug-likeness (QED) is 0.849. The highest BCUT2D eigenvalue weighted by molar-refractivity contribution is 9.10. The molecule has 1 saturated heterocycles. The summed E-state index contributed by atoms with van der Waals surface area (Å²) in [5, 5.41) is 9.74. The van der Waals surface area contributed by atoms with E-state index in [0.29, 0.717) is 5.75 Å². The molecular formula is C12H16BrNO4S. The van der Waals surface area contributed by atoms with Gasteiger partial charge in [-0.1, -0.05) is 22.0 Å². The van der Waals surface area contributed by atoms with Crippen LogP contribution in [-0.2, 0) is 9.84 Å². The van der Waals surface area contributed by atoms with Crippen LogP contribution in [0.4, 0.5) is 0 Å². The number of benzene rings is 1. The number of hydrogen-bond donors (Lipinski definition) is 2. The highest BCUT2D eigenvalue weighted by Crippen LogP contribution is 2.30. The van der Waals surface area contributed by atoms with Crippen LogP contribution < -0.4 is 10.5 Å². The van der Waals surface area contributed by atoms with Gasteiger partial charge in [-0.25, -0.2) is 8.42 Å². The molecule has 0 spiro atoms. The first-order chi connectivity index (χ1) is 8.78. The molecule has 106 valence electrons. The van der Waals surface area contributed by atoms with Crippen LogP contribution >= 0.6 is 15.9 Å². The number of aliphatic hydroxyl groups excluding tert-OH is 1. The maximum atomic E-state index is 11.5. The van der Waals surface area contributed by atoms with E-state index in [0.717, 1.165) is 10.0 Å². The second kappa shape index (κ2) is 5.40. The minimum absolute atomic E-state index is 0.168. The third-order valence-corrected chi connectivity index (χ3v) is 5.20. The molecule has 0 amide bonds. The van der Waals surface area contributed by atoms with Crippen LogP contribution in [0.15, 0.2) is 22.7 Å². The Bertz CT molecular complexity index is 573. The molecule has 0 aromatic heterocycles. The van der Waals surface area contributed by atoms with Gasteiger partial charge in [0.15, 0.2) is 9.84 Å². The number of hydrogen-bond acceptors (Lipinski definition) is 5. The Balaban J connectivity index is 2.26. The minimum atomic E-state index is -3.23. The summed E-state index contributed by atoms with van der Waals surface area (Å²) in [5.41, 5.74) is 6.63. The van der Waals surface area contributed by atoms with E-state index in [1.54, 1.807) is 6.07 Å². The van der Waals surface area contributed by atoms with Crippen molar-refractivity contribution in [2.45, 2.75) is 25.2 Å². The van der Waals surface area contributed by atoms with Crippen LogP contribution in [0.1, 0.15) is 18.5 Å². The molecular weight excluding hydrogens is 334 g/mol. The lowest BCUT2D eigenvalue weighted by Gasteiger charge is -2.20. The van der Waals surface area contributed by atoms with Crippen molar-refractivity contribution in [1.29, 1.82) is 0 Å². The first-order valence-corrected chi connectivity index (χ1v) is 8.50. The molecule has 1 aliphatic heterocycles. The number of halogens is 1. The summed E-state index contributed by atoms with van der Waals surface area (Å²) in [6.07, 6.45) is -1.73. The number of ether oxygens (including phenoxy) is 1. The zero-order chi connectivity index (χ0) is 14.2. The van der Waals surface area contributed by atoms with Crippen molar-refractivity contribution in [3.8, 4) is 5.75 Å². The number of nitrogens with two attached hydrogens (primary N) is 1. The Morgan fingerprint density at radius 2 is 2.16 bits per heavy atom. The minimum Gasteiger partial charge on any atom is -0.486 e. The normalized spacial score (nSPS) is 27.2. The van der Waals surface area contributed by atoms with Crippen LogP contribution in [0.5, 0.6) is 5.75 Å². The molecule has 1 fully saturated rings. The van der Waals surface area contributed by atoms with Gasteiger partial charge in [0.1, 0.15) is 18.0 Å². The second-order valence-electron chi connectivity index (χ2n) is 4.77. The van der Waals surface area contributed by atoms with E-state index >= 15 is 0 Å². The Morgan fingerprint density at radius 3 is 2.68 bits per heavy atom. The average Bonchev–Trinajstić information content (AvgIpc) is 2.51. The molecule has 1 aliphatic rings. The van der Waals surface area contributed by atoms with E-state index < -0.39 is 22.0 Å². The zero-order valence-corrected chi connectivity index (χ0v) is 12.8. The molecule has 0 aliphatic carbocycles. The van der Waals surface area contributed by atoms with Crippen molar-refractivity contribution in [3.63, 3.8) is 0 Å². The fourth-order valence-electron chi connectivity index (χ4n) is 2.06. The van der Waals surface area contributed by atoms with Gasteiger partial charge in [0, 0.05) is 16.1 Å². The molecule has 19 heavy (non-hydrogen) atoms. The predicted octanol–water partition coefficient (Wildman–Crippen LogP) is 1.01. The van der Waals surface area contributed by atoms with E-state index in [1.165, 1.54) is 0 Å². The largest absolute Gasteiger partial charge is 0.486 e. The molecule has 1 aromatic carbocycles. The molecule has 0 bridgehead atoms. The van der Waals surface area contributed by atoms with Gasteiger partial charge in [-0.15, -0.1) is 0 Å². The Hall–Kier alpha value is -0.630. The summed E-state index contributed by atoms with van der Waals surface area (Å²) in [7, 11) is -3.23. The predicted molar refractivity (Wildman–Crippen MR) is 75.8 cm³/mol. The van der Waals surface area contributed by atoms with Gasteiger partial charge in [-0.3, -0.25) is 0 Å². The van der Waals surface area contributed by atoms with Crippen LogP contribution in [0.2, 0.25) is 0 Å². The Kier molecular flexibility index (Phi) is 4.20. The standard InChI is InChI=1S/C12H16BrNO4S/c1-7(14)9-3-2-8(13)4-11(9)18-12-6-19(16,17)5-10(12)15/h2-4,7,10,12,15H,5-6,14H2,1H3/t7-,10?,12?/m0/s1. The summed E-state index contributed by atoms with van der Waals surface area (Å²) in [5.74, 6) is 0.0867. The molecule has 1 aromatic rings. The van der Waals surface area contributed by atoms with Crippen LogP contribution in [-0.4, -0.2) is 37.2 Å². The van der Waals surface area contributed by atoms with Gasteiger partial charge in [0.05, 0.1) is 11.5 Å². The Morgan fingerprint density at radius 1 is 1.47 bits per heavy atom. The highest BCUT2D eigenvalue weighted by atomic mass is 79.9. The average molecular weight is 350 g/mol. The number of sulfone groups is 1. The second-order valence-corrected chi connectivity index (χ2v) is 7.84. The van der Waals surface area contributed by atoms with Gasteiger partial charge >= 0.3 is 0 Å². The van der Waals surface area contributed by atoms with Crippen molar-refractivity contribution in [1.82, 2.24) is 0 Å². The fraction of sp³-hybridized carbons (Fsp3) is 0.500. The summed E-state index contributed by atoms with van der Waals surface area (Å²) >= 11 is 3.33. The maximum absolute atomic E-state index is 11.5. The molecule has 7 heteroatoms. The molecule has 5 nitrogen and oxygen atoms in total. The summed E-state index contributed by atoms with van der Waals surface area (Å²) in [4.78, 5) is 0. The topological polar surface area (TPSA) is 89.6 Å². The molecule has 0 saturated carbocycles. The molecule has 0 radical (unpaired) electrons. The highest BCUT2D eigenvalue weighted by Gasteiger charge is 2.38. The molecule has 3 N–H and O–H groups in total. The maximum Gasteiger partial charge on any atom is 0.156 e. The van der Waals surface area contributed by atoms with Crippen LogP contribution in [0.25, 0.3) is 0 Å². The van der Waals surface area contributed by atoms with Crippen molar-refractivity contribution in [3.05, 3.63) is 28.2 Å². The van der Waals surface area contributed by atoms with Crippen molar-refractivity contribution in [2.75, 3.05) is 11.5 Å². The fourth-order valence-corrected chi connectivity index (χ4v) is 4.06. The summed E-state index contributed by atoms with van der Waals surface area (Å²) < 4.78 is 29.4.